The van der Waals surface area contributed by atoms with Gasteiger partial charge in [0.2, 0.25) is 5.79 Å². The molecule has 0 amide bonds. The van der Waals surface area contributed by atoms with Crippen molar-refractivity contribution < 1.29 is 102 Å². The minimum Gasteiger partial charge on any atom is -0.456 e. The van der Waals surface area contributed by atoms with E-state index in [0.29, 0.717) is 18.4 Å². The van der Waals surface area contributed by atoms with E-state index in [9.17, 15) is 50.1 Å². The van der Waals surface area contributed by atoms with Gasteiger partial charge in [0.1, 0.15) is 48.8 Å². The maximum atomic E-state index is 12.5. The molecule has 394 valence electrons. The number of allylic oxidation sites excluding steroid dienone is 1. The Labute approximate surface area is 406 Å². The molecule has 9 rings (SSSR count). The van der Waals surface area contributed by atoms with Crippen molar-refractivity contribution in [2.24, 2.45) is 40.4 Å². The minimum absolute atomic E-state index is 0.0149. The Morgan fingerprint density at radius 1 is 0.743 bits per heavy atom. The molecule has 0 bridgehead atoms. The van der Waals surface area contributed by atoms with E-state index in [-0.39, 0.29) is 67.3 Å². The number of fused-ring (bicyclic) bond motifs is 7. The Morgan fingerprint density at radius 3 is 2.07 bits per heavy atom. The Hall–Kier alpha value is -2.71. The fraction of sp³-hybridized carbons (Fsp3) is 0.857. The molecule has 7 N–H and O–H groups in total. The van der Waals surface area contributed by atoms with Crippen molar-refractivity contribution in [3.63, 3.8) is 0 Å². The van der Waals surface area contributed by atoms with Crippen LogP contribution in [0.3, 0.4) is 0 Å². The highest BCUT2D eigenvalue weighted by atomic mass is 16.8. The lowest BCUT2D eigenvalue weighted by Gasteiger charge is -2.60. The van der Waals surface area contributed by atoms with Crippen LogP contribution in [0, 0.1) is 40.4 Å². The third-order valence-electron chi connectivity index (χ3n) is 17.7. The molecule has 5 unspecified atom stereocenters. The first-order valence-electron chi connectivity index (χ1n) is 24.8. The van der Waals surface area contributed by atoms with Gasteiger partial charge in [-0.25, -0.2) is 0 Å². The molecule has 4 aliphatic carbocycles. The Balaban J connectivity index is 0.946. The van der Waals surface area contributed by atoms with Gasteiger partial charge in [0.15, 0.2) is 37.2 Å². The lowest BCUT2D eigenvalue weighted by Crippen LogP contribution is -2.65. The normalized spacial score (nSPS) is 52.1. The molecule has 5 saturated heterocycles. The lowest BCUT2D eigenvalue weighted by atomic mass is 9.46. The van der Waals surface area contributed by atoms with E-state index < -0.39 is 133 Å². The molecule has 8 fully saturated rings. The van der Waals surface area contributed by atoms with Crippen LogP contribution < -0.4 is 0 Å². The van der Waals surface area contributed by atoms with Crippen molar-refractivity contribution in [1.82, 2.24) is 0 Å². The summed E-state index contributed by atoms with van der Waals surface area (Å²) in [6, 6.07) is 0. The van der Waals surface area contributed by atoms with Crippen LogP contribution in [0.4, 0.5) is 0 Å². The number of ether oxygens (including phenoxy) is 11. The molecule has 0 aromatic heterocycles. The summed E-state index contributed by atoms with van der Waals surface area (Å²) in [5, 5.41) is 77.1. The van der Waals surface area contributed by atoms with Crippen molar-refractivity contribution in [2.45, 2.75) is 203 Å². The van der Waals surface area contributed by atoms with E-state index in [4.69, 9.17) is 52.1 Å². The Bertz CT molecular complexity index is 2020. The number of esters is 3. The molecule has 5 heterocycles. The average Bonchev–Trinajstić information content (AvgIpc) is 3.75. The summed E-state index contributed by atoms with van der Waals surface area (Å²) < 4.78 is 67.2. The number of aliphatic hydroxyl groups excluding tert-OH is 7. The minimum atomic E-state index is -1.61. The zero-order valence-corrected chi connectivity index (χ0v) is 40.8. The van der Waals surface area contributed by atoms with E-state index in [1.54, 1.807) is 6.92 Å². The van der Waals surface area contributed by atoms with Crippen LogP contribution in [0.15, 0.2) is 23.8 Å². The summed E-state index contributed by atoms with van der Waals surface area (Å²) in [6.45, 7) is 15.0. The smallest absolute Gasteiger partial charge is 0.303 e. The van der Waals surface area contributed by atoms with Crippen molar-refractivity contribution in [2.75, 3.05) is 19.8 Å². The van der Waals surface area contributed by atoms with Gasteiger partial charge < -0.3 is 87.9 Å². The predicted octanol–water partition coefficient (Wildman–Crippen LogP) is 0.0372. The second-order valence-corrected chi connectivity index (χ2v) is 21.8. The number of hydrogen-bond donors (Lipinski definition) is 7. The van der Waals surface area contributed by atoms with Crippen LogP contribution >= 0.6 is 0 Å². The summed E-state index contributed by atoms with van der Waals surface area (Å²) in [5.41, 5.74) is 0.570. The van der Waals surface area contributed by atoms with Gasteiger partial charge in [0.05, 0.1) is 44.2 Å². The van der Waals surface area contributed by atoms with E-state index in [1.807, 2.05) is 6.92 Å². The highest BCUT2D eigenvalue weighted by Crippen LogP contribution is 2.71. The summed E-state index contributed by atoms with van der Waals surface area (Å²) >= 11 is 0. The second-order valence-electron chi connectivity index (χ2n) is 21.8. The highest BCUT2D eigenvalue weighted by molar-refractivity contribution is 5.68. The molecular weight excluding hydrogens is 925 g/mol. The molecule has 21 heteroatoms. The Morgan fingerprint density at radius 2 is 1.39 bits per heavy atom. The van der Waals surface area contributed by atoms with Crippen LogP contribution in [0.5, 0.6) is 0 Å². The maximum absolute atomic E-state index is 12.5. The van der Waals surface area contributed by atoms with Gasteiger partial charge in [-0.15, -0.1) is 0 Å². The van der Waals surface area contributed by atoms with E-state index in [2.05, 4.69) is 26.5 Å². The molecule has 1 spiro atoms. The monoisotopic (exact) mass is 996 g/mol. The van der Waals surface area contributed by atoms with Gasteiger partial charge >= 0.3 is 17.9 Å². The first-order chi connectivity index (χ1) is 33.0. The molecular formula is C49H72O21. The number of hydrogen-bond acceptors (Lipinski definition) is 21. The van der Waals surface area contributed by atoms with Gasteiger partial charge in [-0.2, -0.15) is 0 Å². The van der Waals surface area contributed by atoms with Crippen LogP contribution in [-0.2, 0) is 66.5 Å². The molecule has 26 atom stereocenters. The quantitative estimate of drug-likeness (QED) is 0.0912. The maximum Gasteiger partial charge on any atom is 0.303 e. The zero-order valence-electron chi connectivity index (χ0n) is 40.8. The summed E-state index contributed by atoms with van der Waals surface area (Å²) in [6.07, 6.45) is -16.4. The molecule has 70 heavy (non-hydrogen) atoms. The summed E-state index contributed by atoms with van der Waals surface area (Å²) in [5.74, 6) is -3.68. The molecule has 3 saturated carbocycles. The van der Waals surface area contributed by atoms with E-state index in [1.165, 1.54) is 6.92 Å². The third-order valence-corrected chi connectivity index (χ3v) is 17.7. The molecule has 5 aliphatic heterocycles. The fourth-order valence-electron chi connectivity index (χ4n) is 14.5. The van der Waals surface area contributed by atoms with E-state index in [0.717, 1.165) is 38.7 Å². The Kier molecular flexibility index (Phi) is 14.6. The largest absolute Gasteiger partial charge is 0.456 e. The summed E-state index contributed by atoms with van der Waals surface area (Å²) in [7, 11) is 0. The van der Waals surface area contributed by atoms with Crippen molar-refractivity contribution in [3.8, 4) is 0 Å². The van der Waals surface area contributed by atoms with Gasteiger partial charge in [0, 0.05) is 38.5 Å². The van der Waals surface area contributed by atoms with E-state index >= 15 is 0 Å². The molecule has 0 aromatic carbocycles. The van der Waals surface area contributed by atoms with Gasteiger partial charge in [-0.05, 0) is 73.7 Å². The number of carbonyl (C=O) groups is 3. The standard InChI is InChI=1S/C49H72O21/c1-19-16-62-49(43(59)38(19)68-44-37(58)35(56)30(54)17-60-44)20(2)34-32(70-49)15-29-27-10-9-25-13-26(53)14-33(48(25,8)28(27)11-12-47(29,34)7)67-45-40(36(57)31(55)18-61-45)69-46-42(66-24(6)52)41(65-23(5)51)39(21(3)63-46)64-22(4)50/h9,20-21,26-46,53-59H,1,10-18H2,2-8H3/t20-,21-,26+,27?,28?,29?,30?,31-,32-,33+,34-,35-,36-,37+,38?,39-,40+,41+,42+,43-,44-,45-,46-,47-,48-,49-/m0/s1. The molecule has 9 aliphatic rings. The fourth-order valence-corrected chi connectivity index (χ4v) is 14.5. The second kappa shape index (κ2) is 19.5. The number of carbonyl (C=O) groups excluding carboxylic acids is 3. The highest BCUT2D eigenvalue weighted by Gasteiger charge is 2.72. The van der Waals surface area contributed by atoms with Crippen LogP contribution in [0.1, 0.15) is 87.0 Å². The molecule has 0 radical (unpaired) electrons. The topological polar surface area (TPSA) is 294 Å². The number of rotatable bonds is 9. The van der Waals surface area contributed by atoms with Gasteiger partial charge in [0.25, 0.3) is 0 Å². The SMILES string of the molecule is C=C1CO[C@@]2(O[C@H]3CC4C5CC=C6C[C@@H](O)C[C@@H](O[C@@H]7OC[C@H](O)[C@H](O)[C@H]7O[C@@H]7O[C@@H](C)[C@H](OC(C)=O)[C@@H](OC(C)=O)[C@H]7OC(C)=O)[C@]6(C)C5CC[C@]4(C)[C@H]3[C@@H]2C)[C@@H](O)C1O[C@@H]1OCC(O)[C@H](O)[C@H]1O. The lowest BCUT2D eigenvalue weighted by molar-refractivity contribution is -0.363. The van der Waals surface area contributed by atoms with Gasteiger partial charge in [-0.3, -0.25) is 14.4 Å². The van der Waals surface area contributed by atoms with Crippen LogP contribution in [-0.4, -0.2) is 190 Å². The first kappa shape index (κ1) is 52.2. The van der Waals surface area contributed by atoms with Crippen LogP contribution in [0.2, 0.25) is 0 Å². The predicted molar refractivity (Wildman–Crippen MR) is 235 cm³/mol. The third kappa shape index (κ3) is 8.78. The van der Waals surface area contributed by atoms with Crippen molar-refractivity contribution in [1.29, 1.82) is 0 Å². The van der Waals surface area contributed by atoms with Gasteiger partial charge in [-0.1, -0.05) is 39.0 Å². The molecule has 21 nitrogen and oxygen atoms in total. The molecule has 0 aromatic rings. The summed E-state index contributed by atoms with van der Waals surface area (Å²) in [4.78, 5) is 37.0. The van der Waals surface area contributed by atoms with Crippen molar-refractivity contribution in [3.05, 3.63) is 23.8 Å². The number of aliphatic hydroxyl groups is 7. The van der Waals surface area contributed by atoms with Crippen molar-refractivity contribution >= 4 is 17.9 Å². The van der Waals surface area contributed by atoms with Crippen LogP contribution in [0.25, 0.3) is 0 Å². The first-order valence-corrected chi connectivity index (χ1v) is 24.8. The zero-order chi connectivity index (χ0) is 50.5. The average molecular weight is 997 g/mol.